The van der Waals surface area contributed by atoms with Crippen molar-refractivity contribution in [2.45, 2.75) is 19.6 Å². The average Bonchev–Trinajstić information content (AvgIpc) is 2.40. The van der Waals surface area contributed by atoms with Crippen LogP contribution in [0.5, 0.6) is 5.75 Å². The van der Waals surface area contributed by atoms with E-state index in [-0.39, 0.29) is 18.2 Å². The van der Waals surface area contributed by atoms with Gasteiger partial charge in [-0.15, -0.1) is 0 Å². The lowest BCUT2D eigenvalue weighted by Crippen LogP contribution is -2.04. The van der Waals surface area contributed by atoms with Gasteiger partial charge in [0.25, 0.3) is 0 Å². The highest BCUT2D eigenvalue weighted by molar-refractivity contribution is 5.29. The van der Waals surface area contributed by atoms with E-state index in [1.165, 1.54) is 0 Å². The van der Waals surface area contributed by atoms with E-state index in [0.717, 1.165) is 23.8 Å². The first-order valence-electron chi connectivity index (χ1n) is 5.98. The quantitative estimate of drug-likeness (QED) is 0.915. The number of hydrogen-bond acceptors (Lipinski definition) is 2. The number of rotatable bonds is 4. The summed E-state index contributed by atoms with van der Waals surface area (Å²) in [5, 5.41) is 0. The summed E-state index contributed by atoms with van der Waals surface area (Å²) < 4.78 is 31.8. The van der Waals surface area contributed by atoms with Gasteiger partial charge in [-0.1, -0.05) is 12.1 Å². The van der Waals surface area contributed by atoms with Gasteiger partial charge in [0.15, 0.2) is 0 Å². The van der Waals surface area contributed by atoms with Gasteiger partial charge in [-0.25, -0.2) is 8.78 Å². The monoisotopic (exact) mass is 263 g/mol. The second kappa shape index (κ2) is 5.80. The minimum Gasteiger partial charge on any atom is -0.489 e. The number of nitrogens with two attached hydrogens (primary N) is 1. The van der Waals surface area contributed by atoms with E-state index in [0.29, 0.717) is 5.75 Å². The molecule has 0 saturated heterocycles. The molecule has 0 spiro atoms. The van der Waals surface area contributed by atoms with Crippen molar-refractivity contribution in [1.29, 1.82) is 0 Å². The van der Waals surface area contributed by atoms with Crippen molar-refractivity contribution in [3.05, 3.63) is 65.2 Å². The first-order valence-corrected chi connectivity index (χ1v) is 5.98. The van der Waals surface area contributed by atoms with Gasteiger partial charge in [-0.2, -0.15) is 0 Å². The summed E-state index contributed by atoms with van der Waals surface area (Å²) in [4.78, 5) is 0. The first-order chi connectivity index (χ1) is 9.06. The van der Waals surface area contributed by atoms with E-state index in [4.69, 9.17) is 10.5 Å². The van der Waals surface area contributed by atoms with E-state index < -0.39 is 11.6 Å². The highest BCUT2D eigenvalue weighted by Gasteiger charge is 2.05. The summed E-state index contributed by atoms with van der Waals surface area (Å²) in [5.41, 5.74) is 6.91. The third-order valence-corrected chi connectivity index (χ3v) is 2.81. The zero-order valence-electron chi connectivity index (χ0n) is 10.6. The van der Waals surface area contributed by atoms with E-state index >= 15 is 0 Å². The maximum Gasteiger partial charge on any atom is 0.130 e. The van der Waals surface area contributed by atoms with Gasteiger partial charge >= 0.3 is 0 Å². The van der Waals surface area contributed by atoms with E-state index in [1.807, 2.05) is 19.1 Å². The fraction of sp³-hybridized carbons (Fsp3) is 0.200. The molecule has 4 heteroatoms. The van der Waals surface area contributed by atoms with Crippen LogP contribution in [0.15, 0.2) is 42.5 Å². The Bertz CT molecular complexity index is 553. The number of hydrogen-bond donors (Lipinski definition) is 1. The molecule has 2 nitrogen and oxygen atoms in total. The Morgan fingerprint density at radius 1 is 1.11 bits per heavy atom. The normalized spacial score (nSPS) is 12.2. The van der Waals surface area contributed by atoms with Gasteiger partial charge in [0.05, 0.1) is 0 Å². The Balaban J connectivity index is 2.04. The molecule has 2 N–H and O–H groups in total. The molecule has 0 aliphatic carbocycles. The molecule has 0 amide bonds. The molecule has 1 atom stereocenters. The molecule has 0 aromatic heterocycles. The Labute approximate surface area is 110 Å². The zero-order valence-corrected chi connectivity index (χ0v) is 10.6. The third kappa shape index (κ3) is 3.51. The van der Waals surface area contributed by atoms with Crippen LogP contribution >= 0.6 is 0 Å². The van der Waals surface area contributed by atoms with Crippen LogP contribution in [0.25, 0.3) is 0 Å². The Hall–Kier alpha value is -1.94. The molecule has 0 aliphatic heterocycles. The highest BCUT2D eigenvalue weighted by atomic mass is 19.1. The molecule has 2 aromatic carbocycles. The molecular formula is C15H15F2NO. The average molecular weight is 263 g/mol. The van der Waals surface area contributed by atoms with Crippen LogP contribution in [0.2, 0.25) is 0 Å². The summed E-state index contributed by atoms with van der Waals surface area (Å²) in [5.74, 6) is -0.367. The molecule has 19 heavy (non-hydrogen) atoms. The van der Waals surface area contributed by atoms with Crippen LogP contribution in [0, 0.1) is 11.6 Å². The number of halogens is 2. The van der Waals surface area contributed by atoms with Crippen molar-refractivity contribution in [3.8, 4) is 5.75 Å². The smallest absolute Gasteiger partial charge is 0.130 e. The van der Waals surface area contributed by atoms with Crippen molar-refractivity contribution in [2.75, 3.05) is 0 Å². The molecule has 2 aromatic rings. The van der Waals surface area contributed by atoms with Gasteiger partial charge in [-0.3, -0.25) is 0 Å². The van der Waals surface area contributed by atoms with Crippen molar-refractivity contribution in [1.82, 2.24) is 0 Å². The largest absolute Gasteiger partial charge is 0.489 e. The Morgan fingerprint density at radius 2 is 1.79 bits per heavy atom. The molecule has 0 saturated carbocycles. The SMILES string of the molecule is CC(N)c1ccc(OCc2cc(F)ccc2F)cc1. The van der Waals surface area contributed by atoms with E-state index in [9.17, 15) is 8.78 Å². The number of ether oxygens (including phenoxy) is 1. The summed E-state index contributed by atoms with van der Waals surface area (Å²) in [6.07, 6.45) is 0. The molecule has 100 valence electrons. The van der Waals surface area contributed by atoms with Gasteiger partial charge in [0.1, 0.15) is 24.0 Å². The van der Waals surface area contributed by atoms with Gasteiger partial charge in [0.2, 0.25) is 0 Å². The van der Waals surface area contributed by atoms with Gasteiger partial charge in [0, 0.05) is 11.6 Å². The minimum absolute atomic E-state index is 0.0128. The third-order valence-electron chi connectivity index (χ3n) is 2.81. The second-order valence-electron chi connectivity index (χ2n) is 4.38. The van der Waals surface area contributed by atoms with Crippen LogP contribution in [-0.2, 0) is 6.61 Å². The lowest BCUT2D eigenvalue weighted by atomic mass is 10.1. The molecule has 0 radical (unpaired) electrons. The molecule has 0 heterocycles. The number of benzene rings is 2. The van der Waals surface area contributed by atoms with E-state index in [1.54, 1.807) is 12.1 Å². The van der Waals surface area contributed by atoms with Gasteiger partial charge in [-0.05, 0) is 42.8 Å². The standard InChI is InChI=1S/C15H15F2NO/c1-10(18)11-2-5-14(6-3-11)19-9-12-8-13(16)4-7-15(12)17/h2-8,10H,9,18H2,1H3. The molecular weight excluding hydrogens is 248 g/mol. The molecule has 0 aliphatic rings. The van der Waals surface area contributed by atoms with Crippen molar-refractivity contribution < 1.29 is 13.5 Å². The van der Waals surface area contributed by atoms with Crippen LogP contribution in [-0.4, -0.2) is 0 Å². The summed E-state index contributed by atoms with van der Waals surface area (Å²) in [6.45, 7) is 1.87. The maximum absolute atomic E-state index is 13.4. The van der Waals surface area contributed by atoms with Gasteiger partial charge < -0.3 is 10.5 Å². The van der Waals surface area contributed by atoms with E-state index in [2.05, 4.69) is 0 Å². The van der Waals surface area contributed by atoms with Crippen molar-refractivity contribution in [2.24, 2.45) is 5.73 Å². The summed E-state index contributed by atoms with van der Waals surface area (Å²) in [7, 11) is 0. The molecule has 1 unspecified atom stereocenters. The summed E-state index contributed by atoms with van der Waals surface area (Å²) in [6, 6.07) is 10.5. The fourth-order valence-electron chi connectivity index (χ4n) is 1.68. The van der Waals surface area contributed by atoms with Crippen LogP contribution in [0.1, 0.15) is 24.1 Å². The van der Waals surface area contributed by atoms with Crippen LogP contribution < -0.4 is 10.5 Å². The van der Waals surface area contributed by atoms with Crippen LogP contribution in [0.4, 0.5) is 8.78 Å². The Morgan fingerprint density at radius 3 is 2.42 bits per heavy atom. The molecule has 0 bridgehead atoms. The predicted molar refractivity (Wildman–Crippen MR) is 69.7 cm³/mol. The van der Waals surface area contributed by atoms with Crippen molar-refractivity contribution in [3.63, 3.8) is 0 Å². The van der Waals surface area contributed by atoms with Crippen molar-refractivity contribution >= 4 is 0 Å². The first kappa shape index (κ1) is 13.5. The fourth-order valence-corrected chi connectivity index (χ4v) is 1.68. The Kier molecular flexibility index (Phi) is 4.12. The molecule has 0 fully saturated rings. The predicted octanol–water partition coefficient (Wildman–Crippen LogP) is 3.56. The topological polar surface area (TPSA) is 35.2 Å². The molecule has 2 rings (SSSR count). The lowest BCUT2D eigenvalue weighted by Gasteiger charge is -2.09. The van der Waals surface area contributed by atoms with Crippen LogP contribution in [0.3, 0.4) is 0 Å². The minimum atomic E-state index is -0.479. The highest BCUT2D eigenvalue weighted by Crippen LogP contribution is 2.18. The second-order valence-corrected chi connectivity index (χ2v) is 4.38. The lowest BCUT2D eigenvalue weighted by molar-refractivity contribution is 0.299. The maximum atomic E-state index is 13.4. The summed E-state index contributed by atoms with van der Waals surface area (Å²) >= 11 is 0. The zero-order chi connectivity index (χ0) is 13.8.